The van der Waals surface area contributed by atoms with Gasteiger partial charge in [0.05, 0.1) is 0 Å². The Morgan fingerprint density at radius 1 is 1.33 bits per heavy atom. The standard InChI is InChI=1S/C11H14O4/c1-11(2,3)15-9-7(10(13)14)5-4-6-8(9)12/h4-6,12H,1-3H3,(H,13,14). The van der Waals surface area contributed by atoms with Gasteiger partial charge in [-0.2, -0.15) is 0 Å². The van der Waals surface area contributed by atoms with Crippen molar-refractivity contribution in [2.24, 2.45) is 0 Å². The van der Waals surface area contributed by atoms with Gasteiger partial charge in [0.15, 0.2) is 11.5 Å². The Kier molecular flexibility index (Phi) is 2.88. The van der Waals surface area contributed by atoms with Gasteiger partial charge in [-0.25, -0.2) is 4.79 Å². The first-order chi connectivity index (χ1) is 6.81. The Labute approximate surface area is 88.1 Å². The lowest BCUT2D eigenvalue weighted by Gasteiger charge is -2.22. The second-order valence-corrected chi connectivity index (χ2v) is 4.17. The van der Waals surface area contributed by atoms with E-state index in [0.717, 1.165) is 0 Å². The van der Waals surface area contributed by atoms with Gasteiger partial charge in [-0.15, -0.1) is 0 Å². The number of benzene rings is 1. The highest BCUT2D eigenvalue weighted by atomic mass is 16.5. The Hall–Kier alpha value is -1.71. The van der Waals surface area contributed by atoms with Gasteiger partial charge in [-0.1, -0.05) is 6.07 Å². The number of aromatic hydroxyl groups is 1. The van der Waals surface area contributed by atoms with Crippen LogP contribution >= 0.6 is 0 Å². The highest BCUT2D eigenvalue weighted by Gasteiger charge is 2.20. The fraction of sp³-hybridized carbons (Fsp3) is 0.364. The van der Waals surface area contributed by atoms with Crippen LogP contribution < -0.4 is 4.74 Å². The number of carboxylic acid groups (broad SMARTS) is 1. The van der Waals surface area contributed by atoms with Gasteiger partial charge >= 0.3 is 5.97 Å². The molecule has 0 amide bonds. The molecule has 0 fully saturated rings. The van der Waals surface area contributed by atoms with E-state index in [1.165, 1.54) is 18.2 Å². The third-order valence-corrected chi connectivity index (χ3v) is 1.63. The highest BCUT2D eigenvalue weighted by molar-refractivity contribution is 5.91. The van der Waals surface area contributed by atoms with Crippen molar-refractivity contribution in [2.45, 2.75) is 26.4 Å². The first kappa shape index (κ1) is 11.4. The lowest BCUT2D eigenvalue weighted by Crippen LogP contribution is -2.24. The SMILES string of the molecule is CC(C)(C)Oc1c(O)cccc1C(=O)O. The molecular weight excluding hydrogens is 196 g/mol. The lowest BCUT2D eigenvalue weighted by atomic mass is 10.1. The average Bonchev–Trinajstić information content (AvgIpc) is 2.05. The first-order valence-electron chi connectivity index (χ1n) is 4.55. The zero-order chi connectivity index (χ0) is 11.6. The van der Waals surface area contributed by atoms with E-state index < -0.39 is 11.6 Å². The number of hydrogen-bond donors (Lipinski definition) is 2. The summed E-state index contributed by atoms with van der Waals surface area (Å²) in [6, 6.07) is 4.25. The molecule has 0 unspecified atom stereocenters. The Balaban J connectivity index is 3.19. The van der Waals surface area contributed by atoms with E-state index in [9.17, 15) is 9.90 Å². The Morgan fingerprint density at radius 2 is 1.93 bits per heavy atom. The Bertz CT molecular complexity index is 377. The van der Waals surface area contributed by atoms with E-state index in [4.69, 9.17) is 9.84 Å². The van der Waals surface area contributed by atoms with E-state index in [2.05, 4.69) is 0 Å². The lowest BCUT2D eigenvalue weighted by molar-refractivity contribution is 0.0678. The fourth-order valence-electron chi connectivity index (χ4n) is 1.11. The van der Waals surface area contributed by atoms with E-state index >= 15 is 0 Å². The van der Waals surface area contributed by atoms with Crippen LogP contribution in [0, 0.1) is 0 Å². The molecule has 0 saturated heterocycles. The van der Waals surface area contributed by atoms with Crippen molar-refractivity contribution in [1.82, 2.24) is 0 Å². The maximum absolute atomic E-state index is 10.9. The molecule has 0 radical (unpaired) electrons. The number of carbonyl (C=O) groups is 1. The third kappa shape index (κ3) is 2.87. The summed E-state index contributed by atoms with van der Waals surface area (Å²) in [5, 5.41) is 18.4. The molecule has 1 aromatic rings. The average molecular weight is 210 g/mol. The van der Waals surface area contributed by atoms with Gasteiger partial charge in [0.25, 0.3) is 0 Å². The normalized spacial score (nSPS) is 11.1. The second-order valence-electron chi connectivity index (χ2n) is 4.17. The molecule has 0 aliphatic rings. The van der Waals surface area contributed by atoms with Gasteiger partial charge < -0.3 is 14.9 Å². The number of aromatic carboxylic acids is 1. The van der Waals surface area contributed by atoms with Crippen molar-refractivity contribution in [3.63, 3.8) is 0 Å². The van der Waals surface area contributed by atoms with Crippen LogP contribution in [0.15, 0.2) is 18.2 Å². The summed E-state index contributed by atoms with van der Waals surface area (Å²) in [5.41, 5.74) is -0.590. The van der Waals surface area contributed by atoms with E-state index in [1.807, 2.05) is 0 Å². The van der Waals surface area contributed by atoms with Crippen molar-refractivity contribution in [3.8, 4) is 11.5 Å². The fourth-order valence-corrected chi connectivity index (χ4v) is 1.11. The minimum Gasteiger partial charge on any atom is -0.504 e. The summed E-state index contributed by atoms with van der Waals surface area (Å²) >= 11 is 0. The summed E-state index contributed by atoms with van der Waals surface area (Å²) < 4.78 is 5.39. The molecule has 82 valence electrons. The van der Waals surface area contributed by atoms with Crippen molar-refractivity contribution >= 4 is 5.97 Å². The van der Waals surface area contributed by atoms with Gasteiger partial charge in [-0.05, 0) is 32.9 Å². The molecule has 4 nitrogen and oxygen atoms in total. The zero-order valence-corrected chi connectivity index (χ0v) is 8.94. The van der Waals surface area contributed by atoms with Crippen molar-refractivity contribution in [3.05, 3.63) is 23.8 Å². The minimum atomic E-state index is -1.12. The number of para-hydroxylation sites is 1. The van der Waals surface area contributed by atoms with Gasteiger partial charge in [-0.3, -0.25) is 0 Å². The van der Waals surface area contributed by atoms with Gasteiger partial charge in [0.1, 0.15) is 11.2 Å². The van der Waals surface area contributed by atoms with Crippen LogP contribution in [-0.4, -0.2) is 21.8 Å². The number of ether oxygens (including phenoxy) is 1. The van der Waals surface area contributed by atoms with Crippen molar-refractivity contribution < 1.29 is 19.7 Å². The van der Waals surface area contributed by atoms with Crippen LogP contribution in [0.5, 0.6) is 11.5 Å². The molecular formula is C11H14O4. The quantitative estimate of drug-likeness (QED) is 0.785. The maximum atomic E-state index is 10.9. The molecule has 15 heavy (non-hydrogen) atoms. The molecule has 0 bridgehead atoms. The molecule has 0 aliphatic heterocycles. The number of phenols is 1. The molecule has 0 aliphatic carbocycles. The van der Waals surface area contributed by atoms with Crippen LogP contribution in [-0.2, 0) is 0 Å². The monoisotopic (exact) mass is 210 g/mol. The third-order valence-electron chi connectivity index (χ3n) is 1.63. The molecule has 2 N–H and O–H groups in total. The van der Waals surface area contributed by atoms with Gasteiger partial charge in [0, 0.05) is 0 Å². The number of hydrogen-bond acceptors (Lipinski definition) is 3. The second kappa shape index (κ2) is 3.81. The van der Waals surface area contributed by atoms with Crippen LogP contribution in [0.2, 0.25) is 0 Å². The highest BCUT2D eigenvalue weighted by Crippen LogP contribution is 2.32. The summed E-state index contributed by atoms with van der Waals surface area (Å²) in [6.07, 6.45) is 0. The number of rotatable bonds is 2. The molecule has 0 aromatic heterocycles. The molecule has 1 rings (SSSR count). The van der Waals surface area contributed by atoms with Gasteiger partial charge in [0.2, 0.25) is 0 Å². The molecule has 1 aromatic carbocycles. The zero-order valence-electron chi connectivity index (χ0n) is 8.94. The van der Waals surface area contributed by atoms with E-state index in [1.54, 1.807) is 20.8 Å². The number of phenolic OH excluding ortho intramolecular Hbond substituents is 1. The maximum Gasteiger partial charge on any atom is 0.339 e. The topological polar surface area (TPSA) is 66.8 Å². The smallest absolute Gasteiger partial charge is 0.339 e. The first-order valence-corrected chi connectivity index (χ1v) is 4.55. The predicted molar refractivity (Wildman–Crippen MR) is 55.4 cm³/mol. The Morgan fingerprint density at radius 3 is 2.40 bits per heavy atom. The predicted octanol–water partition coefficient (Wildman–Crippen LogP) is 2.27. The summed E-state index contributed by atoms with van der Waals surface area (Å²) in [4.78, 5) is 10.9. The van der Waals surface area contributed by atoms with Crippen LogP contribution in [0.3, 0.4) is 0 Å². The van der Waals surface area contributed by atoms with Crippen LogP contribution in [0.25, 0.3) is 0 Å². The minimum absolute atomic E-state index is 0.0116. The molecule has 0 spiro atoms. The van der Waals surface area contributed by atoms with Crippen LogP contribution in [0.4, 0.5) is 0 Å². The molecule has 0 atom stereocenters. The number of carboxylic acids is 1. The summed E-state index contributed by atoms with van der Waals surface area (Å²) in [7, 11) is 0. The molecule has 0 saturated carbocycles. The summed E-state index contributed by atoms with van der Waals surface area (Å²) in [6.45, 7) is 5.35. The van der Waals surface area contributed by atoms with E-state index in [0.29, 0.717) is 0 Å². The molecule has 0 heterocycles. The molecule has 4 heteroatoms. The van der Waals surface area contributed by atoms with Crippen LogP contribution in [0.1, 0.15) is 31.1 Å². The summed E-state index contributed by atoms with van der Waals surface area (Å²) in [5.74, 6) is -1.27. The van der Waals surface area contributed by atoms with E-state index in [-0.39, 0.29) is 17.1 Å². The largest absolute Gasteiger partial charge is 0.504 e. The van der Waals surface area contributed by atoms with Crippen molar-refractivity contribution in [2.75, 3.05) is 0 Å². The van der Waals surface area contributed by atoms with Crippen molar-refractivity contribution in [1.29, 1.82) is 0 Å².